The van der Waals surface area contributed by atoms with Gasteiger partial charge in [0.2, 0.25) is 5.95 Å². The van der Waals surface area contributed by atoms with Gasteiger partial charge < -0.3 is 15.5 Å². The molecule has 158 valence electrons. The second kappa shape index (κ2) is 9.75. The van der Waals surface area contributed by atoms with E-state index in [-0.39, 0.29) is 0 Å². The Hall–Kier alpha value is -2.18. The number of halogens is 1. The largest absolute Gasteiger partial charge is 0.362 e. The Bertz CT molecular complexity index is 982. The Morgan fingerprint density at radius 2 is 1.80 bits per heavy atom. The fourth-order valence-electron chi connectivity index (χ4n) is 4.23. The predicted octanol–water partition coefficient (Wildman–Crippen LogP) is 5.22. The summed E-state index contributed by atoms with van der Waals surface area (Å²) in [5.41, 5.74) is 2.31. The standard InChI is InChI=1S/C24H30BrN5/c1-30(2)23-21-8-3-4-9-22(21)28-24(29-23)27-20-12-10-17(11-13-20)15-26-16-18-6-5-7-19(25)14-18/h3-9,14,17,20,26H,10-13,15-16H2,1-2H3,(H,27,28,29). The molecule has 1 aromatic heterocycles. The average Bonchev–Trinajstić information content (AvgIpc) is 2.74. The van der Waals surface area contributed by atoms with Crippen molar-refractivity contribution < 1.29 is 0 Å². The molecular weight excluding hydrogens is 438 g/mol. The number of benzene rings is 2. The second-order valence-electron chi connectivity index (χ2n) is 8.41. The molecule has 1 saturated carbocycles. The molecule has 1 heterocycles. The first-order valence-corrected chi connectivity index (χ1v) is 11.5. The lowest BCUT2D eigenvalue weighted by Gasteiger charge is -2.29. The van der Waals surface area contributed by atoms with E-state index in [4.69, 9.17) is 9.97 Å². The van der Waals surface area contributed by atoms with E-state index in [0.29, 0.717) is 6.04 Å². The van der Waals surface area contributed by atoms with Gasteiger partial charge in [-0.3, -0.25) is 0 Å². The van der Waals surface area contributed by atoms with E-state index in [1.807, 2.05) is 26.2 Å². The Labute approximate surface area is 187 Å². The van der Waals surface area contributed by atoms with Crippen molar-refractivity contribution in [3.63, 3.8) is 0 Å². The highest BCUT2D eigenvalue weighted by Crippen LogP contribution is 2.28. The van der Waals surface area contributed by atoms with E-state index in [1.54, 1.807) is 0 Å². The lowest BCUT2D eigenvalue weighted by atomic mass is 9.86. The van der Waals surface area contributed by atoms with E-state index in [1.165, 1.54) is 18.4 Å². The number of aromatic nitrogens is 2. The number of rotatable bonds is 7. The van der Waals surface area contributed by atoms with Gasteiger partial charge in [-0.15, -0.1) is 0 Å². The summed E-state index contributed by atoms with van der Waals surface area (Å²) in [5.74, 6) is 2.45. The first-order chi connectivity index (χ1) is 14.6. The van der Waals surface area contributed by atoms with Crippen LogP contribution in [0, 0.1) is 5.92 Å². The van der Waals surface area contributed by atoms with E-state index in [9.17, 15) is 0 Å². The van der Waals surface area contributed by atoms with Gasteiger partial charge in [0.1, 0.15) is 5.82 Å². The fourth-order valence-corrected chi connectivity index (χ4v) is 4.67. The summed E-state index contributed by atoms with van der Waals surface area (Å²) >= 11 is 3.54. The molecule has 3 aromatic rings. The zero-order valence-electron chi connectivity index (χ0n) is 17.7. The van der Waals surface area contributed by atoms with Crippen LogP contribution < -0.4 is 15.5 Å². The highest BCUT2D eigenvalue weighted by Gasteiger charge is 2.22. The number of nitrogens with zero attached hydrogens (tertiary/aromatic N) is 3. The van der Waals surface area contributed by atoms with Crippen LogP contribution in [0.2, 0.25) is 0 Å². The maximum atomic E-state index is 4.79. The maximum absolute atomic E-state index is 4.79. The van der Waals surface area contributed by atoms with Gasteiger partial charge in [0.25, 0.3) is 0 Å². The monoisotopic (exact) mass is 467 g/mol. The van der Waals surface area contributed by atoms with Crippen molar-refractivity contribution in [1.82, 2.24) is 15.3 Å². The second-order valence-corrected chi connectivity index (χ2v) is 9.32. The van der Waals surface area contributed by atoms with Crippen LogP contribution in [0.15, 0.2) is 53.0 Å². The van der Waals surface area contributed by atoms with Gasteiger partial charge in [0, 0.05) is 36.5 Å². The maximum Gasteiger partial charge on any atom is 0.225 e. The molecule has 4 rings (SSSR count). The van der Waals surface area contributed by atoms with Crippen LogP contribution in [0.4, 0.5) is 11.8 Å². The molecule has 0 radical (unpaired) electrons. The van der Waals surface area contributed by atoms with Gasteiger partial charge in [0.15, 0.2) is 0 Å². The Morgan fingerprint density at radius 1 is 1.00 bits per heavy atom. The molecule has 0 saturated heterocycles. The minimum absolute atomic E-state index is 0.447. The first-order valence-electron chi connectivity index (χ1n) is 10.7. The highest BCUT2D eigenvalue weighted by atomic mass is 79.9. The van der Waals surface area contributed by atoms with Crippen LogP contribution in [-0.4, -0.2) is 36.6 Å². The number of anilines is 2. The topological polar surface area (TPSA) is 53.1 Å². The summed E-state index contributed by atoms with van der Waals surface area (Å²) < 4.78 is 1.14. The molecule has 0 bridgehead atoms. The molecular formula is C24H30BrN5. The first kappa shape index (κ1) is 21.1. The number of hydrogen-bond donors (Lipinski definition) is 2. The fraction of sp³-hybridized carbons (Fsp3) is 0.417. The van der Waals surface area contributed by atoms with E-state index in [2.05, 4.69) is 67.9 Å². The van der Waals surface area contributed by atoms with Gasteiger partial charge >= 0.3 is 0 Å². The van der Waals surface area contributed by atoms with Crippen molar-refractivity contribution in [3.8, 4) is 0 Å². The minimum Gasteiger partial charge on any atom is -0.362 e. The summed E-state index contributed by atoms with van der Waals surface area (Å²) in [5, 5.41) is 8.33. The van der Waals surface area contributed by atoms with Crippen molar-refractivity contribution in [2.45, 2.75) is 38.3 Å². The third-order valence-corrected chi connectivity index (χ3v) is 6.33. The number of nitrogens with one attached hydrogen (secondary N) is 2. The third-order valence-electron chi connectivity index (χ3n) is 5.84. The molecule has 0 spiro atoms. The van der Waals surface area contributed by atoms with Crippen LogP contribution in [0.1, 0.15) is 31.2 Å². The average molecular weight is 468 g/mol. The van der Waals surface area contributed by atoms with Gasteiger partial charge in [-0.2, -0.15) is 4.98 Å². The zero-order valence-corrected chi connectivity index (χ0v) is 19.3. The van der Waals surface area contributed by atoms with E-state index < -0.39 is 0 Å². The lowest BCUT2D eigenvalue weighted by Crippen LogP contribution is -2.31. The SMILES string of the molecule is CN(C)c1nc(NC2CCC(CNCc3cccc(Br)c3)CC2)nc2ccccc12. The van der Waals surface area contributed by atoms with Crippen LogP contribution in [0.3, 0.4) is 0 Å². The highest BCUT2D eigenvalue weighted by molar-refractivity contribution is 9.10. The van der Waals surface area contributed by atoms with Crippen molar-refractivity contribution in [2.24, 2.45) is 5.92 Å². The number of para-hydroxylation sites is 1. The summed E-state index contributed by atoms with van der Waals surface area (Å²) in [4.78, 5) is 11.6. The predicted molar refractivity (Wildman–Crippen MR) is 129 cm³/mol. The molecule has 2 aromatic carbocycles. The van der Waals surface area contributed by atoms with E-state index >= 15 is 0 Å². The summed E-state index contributed by atoms with van der Waals surface area (Å²) in [6.45, 7) is 2.01. The van der Waals surface area contributed by atoms with Gasteiger partial charge in [0.05, 0.1) is 5.52 Å². The molecule has 5 nitrogen and oxygen atoms in total. The van der Waals surface area contributed by atoms with Gasteiger partial charge in [-0.25, -0.2) is 4.98 Å². The number of hydrogen-bond acceptors (Lipinski definition) is 5. The van der Waals surface area contributed by atoms with Gasteiger partial charge in [-0.1, -0.05) is 40.2 Å². The molecule has 0 amide bonds. The smallest absolute Gasteiger partial charge is 0.225 e. The summed E-state index contributed by atoms with van der Waals surface area (Å²) in [6.07, 6.45) is 4.79. The third kappa shape index (κ3) is 5.29. The molecule has 1 aliphatic rings. The van der Waals surface area contributed by atoms with Crippen molar-refractivity contribution >= 4 is 38.6 Å². The quantitative estimate of drug-likeness (QED) is 0.498. The lowest BCUT2D eigenvalue weighted by molar-refractivity contribution is 0.324. The van der Waals surface area contributed by atoms with Crippen molar-refractivity contribution in [2.75, 3.05) is 30.9 Å². The minimum atomic E-state index is 0.447. The summed E-state index contributed by atoms with van der Waals surface area (Å²) in [7, 11) is 4.07. The molecule has 6 heteroatoms. The number of fused-ring (bicyclic) bond motifs is 1. The van der Waals surface area contributed by atoms with Crippen LogP contribution >= 0.6 is 15.9 Å². The molecule has 30 heavy (non-hydrogen) atoms. The molecule has 1 aliphatic carbocycles. The normalized spacial score (nSPS) is 19.0. The van der Waals surface area contributed by atoms with E-state index in [0.717, 1.165) is 59.0 Å². The van der Waals surface area contributed by atoms with Gasteiger partial charge in [-0.05, 0) is 68.0 Å². The van der Waals surface area contributed by atoms with Crippen LogP contribution in [-0.2, 0) is 6.54 Å². The Morgan fingerprint density at radius 3 is 2.57 bits per heavy atom. The molecule has 0 atom stereocenters. The van der Waals surface area contributed by atoms with Crippen LogP contribution in [0.25, 0.3) is 10.9 Å². The van der Waals surface area contributed by atoms with Crippen molar-refractivity contribution in [1.29, 1.82) is 0 Å². The summed E-state index contributed by atoms with van der Waals surface area (Å²) in [6, 6.07) is 17.2. The molecule has 0 unspecified atom stereocenters. The zero-order chi connectivity index (χ0) is 20.9. The molecule has 2 N–H and O–H groups in total. The molecule has 0 aliphatic heterocycles. The van der Waals surface area contributed by atoms with Crippen molar-refractivity contribution in [3.05, 3.63) is 58.6 Å². The molecule has 1 fully saturated rings. The van der Waals surface area contributed by atoms with Crippen LogP contribution in [0.5, 0.6) is 0 Å². The Balaban J connectivity index is 1.29. The Kier molecular flexibility index (Phi) is 6.85.